The fourth-order valence-corrected chi connectivity index (χ4v) is 3.21. The largest absolute Gasteiger partial charge is 0.338 e. The number of hydrogen-bond acceptors (Lipinski definition) is 9. The molecule has 0 spiro atoms. The van der Waals surface area contributed by atoms with Gasteiger partial charge in [0.1, 0.15) is 18.5 Å². The van der Waals surface area contributed by atoms with Gasteiger partial charge in [0, 0.05) is 10.6 Å². The number of nitrogens with zero attached hydrogens (tertiary/aromatic N) is 7. The Balaban J connectivity index is 1.91. The van der Waals surface area contributed by atoms with Crippen LogP contribution in [0.5, 0.6) is 0 Å². The third-order valence-electron chi connectivity index (χ3n) is 2.78. The summed E-state index contributed by atoms with van der Waals surface area (Å²) in [7, 11) is -3.94. The van der Waals surface area contributed by atoms with E-state index < -0.39 is 15.9 Å². The lowest BCUT2D eigenvalue weighted by Gasteiger charge is -2.08. The van der Waals surface area contributed by atoms with Crippen LogP contribution in [0.15, 0.2) is 30.9 Å². The van der Waals surface area contributed by atoms with Gasteiger partial charge >= 0.3 is 0 Å². The van der Waals surface area contributed by atoms with E-state index in [1.807, 2.05) is 0 Å². The van der Waals surface area contributed by atoms with E-state index in [1.165, 1.54) is 24.8 Å². The van der Waals surface area contributed by atoms with Crippen molar-refractivity contribution in [2.24, 2.45) is 0 Å². The molecule has 0 radical (unpaired) electrons. The van der Waals surface area contributed by atoms with Crippen molar-refractivity contribution in [2.45, 2.75) is 0 Å². The van der Waals surface area contributed by atoms with E-state index in [2.05, 4.69) is 35.8 Å². The molecule has 124 valence electrons. The minimum atomic E-state index is -3.94. The first-order valence-corrected chi connectivity index (χ1v) is 8.67. The monoisotopic (exact) mass is 386 g/mol. The average Bonchev–Trinajstić information content (AvgIpc) is 3.04. The zero-order valence-corrected chi connectivity index (χ0v) is 14.0. The highest BCUT2D eigenvalue weighted by atomic mass is 35.5. The zero-order valence-electron chi connectivity index (χ0n) is 11.7. The minimum Gasteiger partial charge on any atom is -0.338 e. The molecule has 0 saturated heterocycles. The molecule has 13 heteroatoms. The molecule has 0 aliphatic heterocycles. The van der Waals surface area contributed by atoms with Gasteiger partial charge in [-0.25, -0.2) is 23.4 Å². The summed E-state index contributed by atoms with van der Waals surface area (Å²) in [4.78, 5) is 11.2. The molecule has 0 aliphatic rings. The standard InChI is InChI=1S/C11H8Cl2N8O2S/c12-7-1-2-8(9(13)3-7)10-18-19-20-21(10)24(22,23)6-17-11-15-4-14-5-16-11/h1-5H,6H2,(H,14,15,16,17). The number of anilines is 1. The van der Waals surface area contributed by atoms with Crippen molar-refractivity contribution in [1.29, 1.82) is 0 Å². The number of aromatic nitrogens is 7. The van der Waals surface area contributed by atoms with Crippen molar-refractivity contribution in [1.82, 2.24) is 34.6 Å². The lowest BCUT2D eigenvalue weighted by Crippen LogP contribution is -2.24. The summed E-state index contributed by atoms with van der Waals surface area (Å²) < 4.78 is 25.6. The predicted octanol–water partition coefficient (Wildman–Crippen LogP) is 1.08. The maximum atomic E-state index is 12.5. The van der Waals surface area contributed by atoms with Gasteiger partial charge in [0.2, 0.25) is 5.95 Å². The highest BCUT2D eigenvalue weighted by Crippen LogP contribution is 2.29. The summed E-state index contributed by atoms with van der Waals surface area (Å²) in [6.45, 7) is 0. The first-order chi connectivity index (χ1) is 11.5. The Labute approximate surface area is 145 Å². The summed E-state index contributed by atoms with van der Waals surface area (Å²) >= 11 is 11.9. The first kappa shape index (κ1) is 16.5. The molecular weight excluding hydrogens is 379 g/mol. The first-order valence-electron chi connectivity index (χ1n) is 6.30. The molecule has 0 aliphatic carbocycles. The number of rotatable bonds is 5. The summed E-state index contributed by atoms with van der Waals surface area (Å²) in [5.74, 6) is -0.456. The molecule has 0 bridgehead atoms. The van der Waals surface area contributed by atoms with Crippen molar-refractivity contribution in [2.75, 3.05) is 11.2 Å². The van der Waals surface area contributed by atoms with Crippen LogP contribution < -0.4 is 5.32 Å². The Morgan fingerprint density at radius 2 is 1.92 bits per heavy atom. The van der Waals surface area contributed by atoms with Crippen LogP contribution in [0.4, 0.5) is 5.95 Å². The maximum absolute atomic E-state index is 12.5. The molecule has 1 aromatic carbocycles. The van der Waals surface area contributed by atoms with Crippen LogP contribution in [-0.4, -0.2) is 48.9 Å². The van der Waals surface area contributed by atoms with Crippen LogP contribution in [0, 0.1) is 0 Å². The van der Waals surface area contributed by atoms with Gasteiger partial charge in [-0.3, -0.25) is 0 Å². The number of hydrogen-bond donors (Lipinski definition) is 1. The van der Waals surface area contributed by atoms with Gasteiger partial charge in [-0.05, 0) is 28.6 Å². The van der Waals surface area contributed by atoms with Crippen molar-refractivity contribution < 1.29 is 8.42 Å². The lowest BCUT2D eigenvalue weighted by molar-refractivity contribution is 0.579. The SMILES string of the molecule is O=S(=O)(CNc1ncncn1)n1nnnc1-c1ccc(Cl)cc1Cl. The van der Waals surface area contributed by atoms with Gasteiger partial charge in [0.15, 0.2) is 5.82 Å². The molecule has 2 heterocycles. The van der Waals surface area contributed by atoms with E-state index in [0.717, 1.165) is 0 Å². The molecule has 0 fully saturated rings. The van der Waals surface area contributed by atoms with Crippen LogP contribution in [0.25, 0.3) is 11.4 Å². The Hall–Kier alpha value is -2.37. The third kappa shape index (κ3) is 3.42. The molecule has 0 saturated carbocycles. The number of halogens is 2. The fraction of sp³-hybridized carbons (Fsp3) is 0.0909. The Kier molecular flexibility index (Phi) is 4.55. The molecule has 3 aromatic rings. The van der Waals surface area contributed by atoms with Crippen molar-refractivity contribution in [3.63, 3.8) is 0 Å². The number of benzene rings is 1. The van der Waals surface area contributed by atoms with E-state index in [0.29, 0.717) is 14.7 Å². The molecule has 0 atom stereocenters. The quantitative estimate of drug-likeness (QED) is 0.684. The van der Waals surface area contributed by atoms with Crippen LogP contribution >= 0.6 is 23.2 Å². The minimum absolute atomic E-state index is 0.0332. The van der Waals surface area contributed by atoms with E-state index in [4.69, 9.17) is 23.2 Å². The topological polar surface area (TPSA) is 128 Å². The summed E-state index contributed by atoms with van der Waals surface area (Å²) in [6, 6.07) is 4.55. The molecule has 0 amide bonds. The molecule has 1 N–H and O–H groups in total. The number of nitrogens with one attached hydrogen (secondary N) is 1. The van der Waals surface area contributed by atoms with Crippen molar-refractivity contribution >= 4 is 39.2 Å². The van der Waals surface area contributed by atoms with Crippen LogP contribution in [0.1, 0.15) is 0 Å². The predicted molar refractivity (Wildman–Crippen MR) is 85.9 cm³/mol. The van der Waals surface area contributed by atoms with Gasteiger partial charge in [0.25, 0.3) is 10.0 Å². The molecule has 3 rings (SSSR count). The smallest absolute Gasteiger partial charge is 0.275 e. The molecule has 0 unspecified atom stereocenters. The highest BCUT2D eigenvalue weighted by molar-refractivity contribution is 7.89. The zero-order chi connectivity index (χ0) is 17.2. The van der Waals surface area contributed by atoms with Crippen LogP contribution in [0.2, 0.25) is 10.0 Å². The van der Waals surface area contributed by atoms with Gasteiger partial charge < -0.3 is 5.32 Å². The lowest BCUT2D eigenvalue weighted by atomic mass is 10.2. The second-order valence-electron chi connectivity index (χ2n) is 4.36. The molecule has 24 heavy (non-hydrogen) atoms. The summed E-state index contributed by atoms with van der Waals surface area (Å²) in [5.41, 5.74) is 0.329. The molecular formula is C11H8Cl2N8O2S. The third-order valence-corrected chi connectivity index (χ3v) is 4.61. The van der Waals surface area contributed by atoms with Gasteiger partial charge in [0.05, 0.1) is 5.02 Å². The average molecular weight is 387 g/mol. The van der Waals surface area contributed by atoms with E-state index in [9.17, 15) is 8.42 Å². The Bertz CT molecular complexity index is 963. The van der Waals surface area contributed by atoms with Gasteiger partial charge in [-0.1, -0.05) is 23.2 Å². The van der Waals surface area contributed by atoms with Crippen LogP contribution in [-0.2, 0) is 10.0 Å². The second kappa shape index (κ2) is 6.63. The second-order valence-corrected chi connectivity index (χ2v) is 7.01. The number of tetrazole rings is 1. The van der Waals surface area contributed by atoms with Gasteiger partial charge in [-0.2, -0.15) is 0 Å². The van der Waals surface area contributed by atoms with E-state index >= 15 is 0 Å². The Morgan fingerprint density at radius 1 is 1.17 bits per heavy atom. The normalized spacial score (nSPS) is 11.4. The summed E-state index contributed by atoms with van der Waals surface area (Å²) in [6.07, 6.45) is 2.47. The van der Waals surface area contributed by atoms with Crippen molar-refractivity contribution in [3.05, 3.63) is 40.9 Å². The van der Waals surface area contributed by atoms with Gasteiger partial charge in [-0.15, -0.1) is 9.19 Å². The maximum Gasteiger partial charge on any atom is 0.275 e. The fourth-order valence-electron chi connectivity index (χ4n) is 1.74. The molecule has 2 aromatic heterocycles. The van der Waals surface area contributed by atoms with Crippen LogP contribution in [0.3, 0.4) is 0 Å². The van der Waals surface area contributed by atoms with Crippen molar-refractivity contribution in [3.8, 4) is 11.4 Å². The summed E-state index contributed by atoms with van der Waals surface area (Å²) in [5, 5.41) is 13.8. The molecule has 10 nitrogen and oxygen atoms in total. The highest BCUT2D eigenvalue weighted by Gasteiger charge is 2.23. The Morgan fingerprint density at radius 3 is 2.62 bits per heavy atom. The van der Waals surface area contributed by atoms with E-state index in [-0.39, 0.29) is 16.8 Å². The van der Waals surface area contributed by atoms with E-state index in [1.54, 1.807) is 6.07 Å².